The van der Waals surface area contributed by atoms with E-state index < -0.39 is 11.8 Å². The van der Waals surface area contributed by atoms with E-state index >= 15 is 0 Å². The number of rotatable bonds is 6. The third-order valence-corrected chi connectivity index (χ3v) is 5.41. The minimum absolute atomic E-state index is 0.451. The predicted octanol–water partition coefficient (Wildman–Crippen LogP) is 5.47. The summed E-state index contributed by atoms with van der Waals surface area (Å²) < 4.78 is 5.93. The molecule has 0 saturated carbocycles. The van der Waals surface area contributed by atoms with Crippen LogP contribution < -0.4 is 15.5 Å². The van der Waals surface area contributed by atoms with Crippen LogP contribution >= 0.6 is 11.6 Å². The standard InChI is InChI=1S/C27H22ClN3O3/c1-18-15-22(28)11-14-25(18)30-26(32)27(33)31-29-16-19-9-12-23(13-10-19)34-17-21-7-4-6-20-5-2-3-8-24(20)21/h2-16H,17H2,1H3,(H,30,32)(H,31,33). The van der Waals surface area contributed by atoms with Crippen LogP contribution in [0.25, 0.3) is 10.8 Å². The molecule has 0 bridgehead atoms. The fourth-order valence-corrected chi connectivity index (χ4v) is 3.62. The van der Waals surface area contributed by atoms with Gasteiger partial charge in [0.2, 0.25) is 0 Å². The van der Waals surface area contributed by atoms with E-state index in [9.17, 15) is 9.59 Å². The van der Waals surface area contributed by atoms with Crippen LogP contribution in [0.3, 0.4) is 0 Å². The largest absolute Gasteiger partial charge is 0.489 e. The van der Waals surface area contributed by atoms with Crippen molar-refractivity contribution in [1.82, 2.24) is 5.43 Å². The lowest BCUT2D eigenvalue weighted by molar-refractivity contribution is -0.136. The number of halogens is 1. The van der Waals surface area contributed by atoms with E-state index in [1.165, 1.54) is 17.0 Å². The number of hydrazone groups is 1. The first-order valence-electron chi connectivity index (χ1n) is 10.6. The van der Waals surface area contributed by atoms with E-state index in [2.05, 4.69) is 40.1 Å². The summed E-state index contributed by atoms with van der Waals surface area (Å²) in [4.78, 5) is 24.1. The lowest BCUT2D eigenvalue weighted by Gasteiger charge is -2.09. The minimum atomic E-state index is -0.874. The number of nitrogens with one attached hydrogen (secondary N) is 2. The zero-order chi connectivity index (χ0) is 23.9. The minimum Gasteiger partial charge on any atom is -0.489 e. The van der Waals surface area contributed by atoms with Gasteiger partial charge in [-0.2, -0.15) is 5.10 Å². The molecule has 7 heteroatoms. The monoisotopic (exact) mass is 471 g/mol. The molecule has 0 unspecified atom stereocenters. The maximum Gasteiger partial charge on any atom is 0.329 e. The summed E-state index contributed by atoms with van der Waals surface area (Å²) >= 11 is 5.90. The van der Waals surface area contributed by atoms with Gasteiger partial charge in [-0.15, -0.1) is 0 Å². The second-order valence-corrected chi connectivity index (χ2v) is 8.04. The molecule has 0 atom stereocenters. The lowest BCUT2D eigenvalue weighted by Crippen LogP contribution is -2.32. The van der Waals surface area contributed by atoms with Gasteiger partial charge >= 0.3 is 11.8 Å². The summed E-state index contributed by atoms with van der Waals surface area (Å²) in [5.41, 5.74) is 5.33. The molecular weight excluding hydrogens is 450 g/mol. The summed E-state index contributed by atoms with van der Waals surface area (Å²) in [6, 6.07) is 26.6. The van der Waals surface area contributed by atoms with Crippen molar-refractivity contribution in [2.75, 3.05) is 5.32 Å². The first-order valence-corrected chi connectivity index (χ1v) is 11.0. The number of benzene rings is 4. The Balaban J connectivity index is 1.29. The van der Waals surface area contributed by atoms with Crippen molar-refractivity contribution >= 4 is 46.1 Å². The molecule has 6 nitrogen and oxygen atoms in total. The van der Waals surface area contributed by atoms with E-state index in [0.29, 0.717) is 23.1 Å². The highest BCUT2D eigenvalue weighted by molar-refractivity contribution is 6.39. The van der Waals surface area contributed by atoms with Crippen LogP contribution in [0.1, 0.15) is 16.7 Å². The van der Waals surface area contributed by atoms with Gasteiger partial charge in [0, 0.05) is 10.7 Å². The van der Waals surface area contributed by atoms with Gasteiger partial charge in [0.25, 0.3) is 0 Å². The number of anilines is 1. The molecule has 0 fully saturated rings. The van der Waals surface area contributed by atoms with Gasteiger partial charge in [0.05, 0.1) is 6.21 Å². The Kier molecular flexibility index (Phi) is 7.20. The number of nitrogens with zero attached hydrogens (tertiary/aromatic N) is 1. The Morgan fingerprint density at radius 2 is 1.71 bits per heavy atom. The number of carbonyl (C=O) groups is 2. The van der Waals surface area contributed by atoms with Gasteiger partial charge in [-0.25, -0.2) is 5.43 Å². The van der Waals surface area contributed by atoms with Crippen molar-refractivity contribution in [1.29, 1.82) is 0 Å². The van der Waals surface area contributed by atoms with Gasteiger partial charge in [-0.1, -0.05) is 54.1 Å². The topological polar surface area (TPSA) is 79.8 Å². The van der Waals surface area contributed by atoms with Crippen LogP contribution in [0.15, 0.2) is 90.0 Å². The number of aryl methyl sites for hydroxylation is 1. The smallest absolute Gasteiger partial charge is 0.329 e. The van der Waals surface area contributed by atoms with Crippen LogP contribution in [-0.2, 0) is 16.2 Å². The molecular formula is C27H22ClN3O3. The van der Waals surface area contributed by atoms with Gasteiger partial charge in [0.1, 0.15) is 12.4 Å². The van der Waals surface area contributed by atoms with E-state index in [-0.39, 0.29) is 0 Å². The summed E-state index contributed by atoms with van der Waals surface area (Å²) in [6.07, 6.45) is 1.45. The molecule has 0 aliphatic rings. The second-order valence-electron chi connectivity index (χ2n) is 7.61. The molecule has 0 radical (unpaired) electrons. The maximum atomic E-state index is 12.1. The fraction of sp³-hybridized carbons (Fsp3) is 0.0741. The molecule has 4 rings (SSSR count). The summed E-state index contributed by atoms with van der Waals surface area (Å²) in [7, 11) is 0. The fourth-order valence-electron chi connectivity index (χ4n) is 3.39. The van der Waals surface area contributed by atoms with Crippen LogP contribution in [0.4, 0.5) is 5.69 Å². The van der Waals surface area contributed by atoms with Gasteiger partial charge < -0.3 is 10.1 Å². The first-order chi connectivity index (χ1) is 16.5. The van der Waals surface area contributed by atoms with Gasteiger partial charge in [-0.05, 0) is 76.9 Å². The second kappa shape index (κ2) is 10.6. The van der Waals surface area contributed by atoms with Crippen molar-refractivity contribution < 1.29 is 14.3 Å². The Hall–Kier alpha value is -4.16. The molecule has 0 aliphatic heterocycles. The molecule has 4 aromatic rings. The van der Waals surface area contributed by atoms with E-state index in [1.807, 2.05) is 42.5 Å². The third-order valence-electron chi connectivity index (χ3n) is 5.18. The van der Waals surface area contributed by atoms with E-state index in [0.717, 1.165) is 16.7 Å². The summed E-state index contributed by atoms with van der Waals surface area (Å²) in [6.45, 7) is 2.24. The molecule has 0 aromatic heterocycles. The van der Waals surface area contributed by atoms with E-state index in [4.69, 9.17) is 16.3 Å². The molecule has 0 aliphatic carbocycles. The Labute approximate surface area is 202 Å². The predicted molar refractivity (Wildman–Crippen MR) is 135 cm³/mol. The van der Waals surface area contributed by atoms with Crippen molar-refractivity contribution in [2.24, 2.45) is 5.10 Å². The van der Waals surface area contributed by atoms with Crippen LogP contribution in [0.5, 0.6) is 5.75 Å². The highest BCUT2D eigenvalue weighted by atomic mass is 35.5. The number of ether oxygens (including phenoxy) is 1. The zero-order valence-corrected chi connectivity index (χ0v) is 19.2. The molecule has 0 heterocycles. The lowest BCUT2D eigenvalue weighted by atomic mass is 10.1. The molecule has 170 valence electrons. The highest BCUT2D eigenvalue weighted by Crippen LogP contribution is 2.21. The molecule has 4 aromatic carbocycles. The number of hydrogen-bond donors (Lipinski definition) is 2. The summed E-state index contributed by atoms with van der Waals surface area (Å²) in [5, 5.41) is 9.27. The van der Waals surface area contributed by atoms with Crippen LogP contribution in [0, 0.1) is 6.92 Å². The normalized spacial score (nSPS) is 10.9. The molecule has 2 N–H and O–H groups in total. The van der Waals surface area contributed by atoms with Crippen LogP contribution in [0.2, 0.25) is 5.02 Å². The number of amides is 2. The third kappa shape index (κ3) is 5.79. The molecule has 0 spiro atoms. The Bertz CT molecular complexity index is 1360. The molecule has 0 saturated heterocycles. The average molecular weight is 472 g/mol. The van der Waals surface area contributed by atoms with Crippen molar-refractivity contribution in [3.8, 4) is 5.75 Å². The number of hydrogen-bond acceptors (Lipinski definition) is 4. The molecule has 34 heavy (non-hydrogen) atoms. The number of carbonyl (C=O) groups excluding carboxylic acids is 2. The van der Waals surface area contributed by atoms with Crippen molar-refractivity contribution in [3.05, 3.63) is 107 Å². The summed E-state index contributed by atoms with van der Waals surface area (Å²) in [5.74, 6) is -0.979. The number of fused-ring (bicyclic) bond motifs is 1. The Morgan fingerprint density at radius 3 is 2.50 bits per heavy atom. The zero-order valence-electron chi connectivity index (χ0n) is 18.4. The van der Waals surface area contributed by atoms with Crippen molar-refractivity contribution in [3.63, 3.8) is 0 Å². The van der Waals surface area contributed by atoms with E-state index in [1.54, 1.807) is 25.1 Å². The SMILES string of the molecule is Cc1cc(Cl)ccc1NC(=O)C(=O)NN=Cc1ccc(OCc2cccc3ccccc23)cc1. The average Bonchev–Trinajstić information content (AvgIpc) is 2.85. The first kappa shape index (κ1) is 23.0. The quantitative estimate of drug-likeness (QED) is 0.222. The maximum absolute atomic E-state index is 12.1. The highest BCUT2D eigenvalue weighted by Gasteiger charge is 2.14. The Morgan fingerprint density at radius 1 is 0.941 bits per heavy atom. The van der Waals surface area contributed by atoms with Gasteiger partial charge in [0.15, 0.2) is 0 Å². The van der Waals surface area contributed by atoms with Crippen molar-refractivity contribution in [2.45, 2.75) is 13.5 Å². The van der Waals surface area contributed by atoms with Gasteiger partial charge in [-0.3, -0.25) is 9.59 Å². The van der Waals surface area contributed by atoms with Crippen LogP contribution in [-0.4, -0.2) is 18.0 Å². The molecule has 2 amide bonds.